The molecule has 1 saturated carbocycles. The Morgan fingerprint density at radius 1 is 1.00 bits per heavy atom. The van der Waals surface area contributed by atoms with Gasteiger partial charge in [-0.05, 0) is 66.2 Å². The Morgan fingerprint density at radius 3 is 1.73 bits per heavy atom. The predicted octanol–water partition coefficient (Wildman–Crippen LogP) is 4.11. The highest BCUT2D eigenvalue weighted by atomic mass is 16.6. The van der Waals surface area contributed by atoms with Gasteiger partial charge >= 0.3 is 11.9 Å². The van der Waals surface area contributed by atoms with Crippen LogP contribution in [0.1, 0.15) is 74.7 Å². The topological polar surface area (TPSA) is 52.6 Å². The van der Waals surface area contributed by atoms with Crippen molar-refractivity contribution in [3.8, 4) is 0 Å². The number of hydrogen-bond acceptors (Lipinski definition) is 4. The van der Waals surface area contributed by atoms with Gasteiger partial charge in [0.25, 0.3) is 0 Å². The number of hydrogen-bond donors (Lipinski definition) is 0. The lowest BCUT2D eigenvalue weighted by Crippen LogP contribution is -2.49. The van der Waals surface area contributed by atoms with E-state index in [1.807, 2.05) is 48.5 Å². The van der Waals surface area contributed by atoms with E-state index in [0.717, 1.165) is 12.8 Å². The first-order valence-corrected chi connectivity index (χ1v) is 8.28. The lowest BCUT2D eigenvalue weighted by Gasteiger charge is -2.35. The number of rotatable bonds is 3. The van der Waals surface area contributed by atoms with Crippen LogP contribution in [0.25, 0.3) is 0 Å². The largest absolute Gasteiger partial charge is 0.459 e. The zero-order chi connectivity index (χ0) is 17.3. The maximum atomic E-state index is 12.9. The standard InChI is InChI=1S/C18H32O4/c1-9-13-10-12(2)11-18(13,14(19)21-16(3,4)5)15(20)22-17(6,7)8/h12-13H,9-11H2,1-8H3. The maximum Gasteiger partial charge on any atom is 0.324 e. The van der Waals surface area contributed by atoms with Crippen LogP contribution in [-0.4, -0.2) is 23.1 Å². The summed E-state index contributed by atoms with van der Waals surface area (Å²) in [5, 5.41) is 0. The van der Waals surface area contributed by atoms with E-state index in [4.69, 9.17) is 9.47 Å². The van der Waals surface area contributed by atoms with E-state index >= 15 is 0 Å². The van der Waals surface area contributed by atoms with Gasteiger partial charge in [0.1, 0.15) is 11.2 Å². The summed E-state index contributed by atoms with van der Waals surface area (Å²) in [6.45, 7) is 15.1. The second kappa shape index (κ2) is 6.21. The zero-order valence-corrected chi connectivity index (χ0v) is 15.4. The van der Waals surface area contributed by atoms with Gasteiger partial charge in [0.2, 0.25) is 0 Å². The third-order valence-corrected chi connectivity index (χ3v) is 4.07. The second-order valence-corrected chi connectivity index (χ2v) is 8.63. The van der Waals surface area contributed by atoms with Gasteiger partial charge in [-0.15, -0.1) is 0 Å². The van der Waals surface area contributed by atoms with E-state index in [1.54, 1.807) is 0 Å². The van der Waals surface area contributed by atoms with Gasteiger partial charge in [-0.3, -0.25) is 9.59 Å². The molecule has 0 N–H and O–H groups in total. The van der Waals surface area contributed by atoms with Gasteiger partial charge in [0.15, 0.2) is 5.41 Å². The summed E-state index contributed by atoms with van der Waals surface area (Å²) in [4.78, 5) is 25.8. The smallest absolute Gasteiger partial charge is 0.324 e. The fourth-order valence-corrected chi connectivity index (χ4v) is 3.32. The minimum atomic E-state index is -1.16. The SMILES string of the molecule is CCC1CC(C)CC1(C(=O)OC(C)(C)C)C(=O)OC(C)(C)C. The molecule has 0 radical (unpaired) electrons. The van der Waals surface area contributed by atoms with Crippen LogP contribution in [-0.2, 0) is 19.1 Å². The molecule has 0 bridgehead atoms. The molecule has 4 nitrogen and oxygen atoms in total. The zero-order valence-electron chi connectivity index (χ0n) is 15.4. The molecule has 0 spiro atoms. The lowest BCUT2D eigenvalue weighted by molar-refractivity contribution is -0.188. The van der Waals surface area contributed by atoms with Crippen LogP contribution < -0.4 is 0 Å². The first-order chi connectivity index (χ1) is 9.82. The van der Waals surface area contributed by atoms with Gasteiger partial charge in [0.05, 0.1) is 0 Å². The van der Waals surface area contributed by atoms with Gasteiger partial charge in [-0.2, -0.15) is 0 Å². The lowest BCUT2D eigenvalue weighted by atomic mass is 9.76. The van der Waals surface area contributed by atoms with Crippen LogP contribution in [0.5, 0.6) is 0 Å². The first kappa shape index (κ1) is 19.0. The van der Waals surface area contributed by atoms with E-state index in [9.17, 15) is 9.59 Å². The summed E-state index contributed by atoms with van der Waals surface area (Å²) in [6, 6.07) is 0. The molecule has 0 aromatic heterocycles. The van der Waals surface area contributed by atoms with Crippen LogP contribution in [0.2, 0.25) is 0 Å². The Labute approximate surface area is 134 Å². The number of ether oxygens (including phenoxy) is 2. The van der Waals surface area contributed by atoms with Crippen molar-refractivity contribution in [3.05, 3.63) is 0 Å². The van der Waals surface area contributed by atoms with Crippen molar-refractivity contribution < 1.29 is 19.1 Å². The minimum absolute atomic E-state index is 0.0211. The molecule has 0 aliphatic heterocycles. The summed E-state index contributed by atoms with van der Waals surface area (Å²) < 4.78 is 11.2. The molecule has 4 heteroatoms. The Hall–Kier alpha value is -1.06. The van der Waals surface area contributed by atoms with Crippen molar-refractivity contribution in [1.82, 2.24) is 0 Å². The molecule has 22 heavy (non-hydrogen) atoms. The summed E-state index contributed by atoms with van der Waals surface area (Å²) >= 11 is 0. The Kier molecular flexibility index (Phi) is 5.36. The molecular formula is C18H32O4. The van der Waals surface area contributed by atoms with E-state index < -0.39 is 28.6 Å². The van der Waals surface area contributed by atoms with Gasteiger partial charge in [-0.25, -0.2) is 0 Å². The molecule has 2 atom stereocenters. The van der Waals surface area contributed by atoms with Gasteiger partial charge < -0.3 is 9.47 Å². The highest BCUT2D eigenvalue weighted by Crippen LogP contribution is 2.50. The summed E-state index contributed by atoms with van der Waals surface area (Å²) in [6.07, 6.45) is 2.13. The van der Waals surface area contributed by atoms with Crippen LogP contribution in [0, 0.1) is 17.3 Å². The average Bonchev–Trinajstić information content (AvgIpc) is 2.62. The van der Waals surface area contributed by atoms with Crippen molar-refractivity contribution in [2.75, 3.05) is 0 Å². The third kappa shape index (κ3) is 4.23. The summed E-state index contributed by atoms with van der Waals surface area (Å²) in [5.74, 6) is -0.562. The van der Waals surface area contributed by atoms with E-state index in [-0.39, 0.29) is 5.92 Å². The number of carbonyl (C=O) groups is 2. The molecule has 1 aliphatic rings. The molecule has 128 valence electrons. The maximum absolute atomic E-state index is 12.9. The van der Waals surface area contributed by atoms with Crippen LogP contribution in [0.15, 0.2) is 0 Å². The molecule has 0 heterocycles. The fourth-order valence-electron chi connectivity index (χ4n) is 3.32. The van der Waals surface area contributed by atoms with Crippen molar-refractivity contribution >= 4 is 11.9 Å². The van der Waals surface area contributed by atoms with Crippen molar-refractivity contribution in [2.24, 2.45) is 17.3 Å². The molecule has 0 aromatic rings. The molecule has 0 saturated heterocycles. The first-order valence-electron chi connectivity index (χ1n) is 8.28. The molecule has 0 amide bonds. The van der Waals surface area contributed by atoms with Crippen molar-refractivity contribution in [1.29, 1.82) is 0 Å². The second-order valence-electron chi connectivity index (χ2n) is 8.63. The van der Waals surface area contributed by atoms with Gasteiger partial charge in [0, 0.05) is 0 Å². The monoisotopic (exact) mass is 312 g/mol. The van der Waals surface area contributed by atoms with Crippen LogP contribution >= 0.6 is 0 Å². The quantitative estimate of drug-likeness (QED) is 0.581. The highest BCUT2D eigenvalue weighted by molar-refractivity contribution is 6.01. The molecule has 2 unspecified atom stereocenters. The molecule has 1 aliphatic carbocycles. The van der Waals surface area contributed by atoms with E-state index in [1.165, 1.54) is 0 Å². The number of esters is 2. The Morgan fingerprint density at radius 2 is 1.41 bits per heavy atom. The van der Waals surface area contributed by atoms with Crippen molar-refractivity contribution in [2.45, 2.75) is 85.9 Å². The van der Waals surface area contributed by atoms with Crippen molar-refractivity contribution in [3.63, 3.8) is 0 Å². The summed E-state index contributed by atoms with van der Waals surface area (Å²) in [7, 11) is 0. The molecule has 1 rings (SSSR count). The van der Waals surface area contributed by atoms with Crippen LogP contribution in [0.3, 0.4) is 0 Å². The fraction of sp³-hybridized carbons (Fsp3) is 0.889. The molecule has 0 aromatic carbocycles. The summed E-state index contributed by atoms with van der Waals surface area (Å²) in [5.41, 5.74) is -2.39. The molecule has 1 fully saturated rings. The predicted molar refractivity (Wildman–Crippen MR) is 86.3 cm³/mol. The van der Waals surface area contributed by atoms with Gasteiger partial charge in [-0.1, -0.05) is 20.3 Å². The molecular weight excluding hydrogens is 280 g/mol. The average molecular weight is 312 g/mol. The Balaban J connectivity index is 3.21. The van der Waals surface area contributed by atoms with E-state index in [0.29, 0.717) is 12.3 Å². The number of carbonyl (C=O) groups excluding carboxylic acids is 2. The highest BCUT2D eigenvalue weighted by Gasteiger charge is 2.59. The Bertz CT molecular complexity index is 397. The third-order valence-electron chi connectivity index (χ3n) is 4.07. The van der Waals surface area contributed by atoms with Crippen LogP contribution in [0.4, 0.5) is 0 Å². The van der Waals surface area contributed by atoms with E-state index in [2.05, 4.69) is 6.92 Å². The minimum Gasteiger partial charge on any atom is -0.459 e. The normalized spacial score (nSPS) is 24.9.